The lowest BCUT2D eigenvalue weighted by molar-refractivity contribution is 0.580. The highest BCUT2D eigenvalue weighted by atomic mass is 16.4. The van der Waals surface area contributed by atoms with Crippen molar-refractivity contribution in [1.29, 1.82) is 5.26 Å². The van der Waals surface area contributed by atoms with Crippen LogP contribution in [0.2, 0.25) is 0 Å². The zero-order valence-electron chi connectivity index (χ0n) is 27.0. The molecular formula is C41H21N9O2. The highest BCUT2D eigenvalue weighted by Gasteiger charge is 2.19. The lowest BCUT2D eigenvalue weighted by Crippen LogP contribution is -1.88. The van der Waals surface area contributed by atoms with E-state index in [9.17, 15) is 5.26 Å². The summed E-state index contributed by atoms with van der Waals surface area (Å²) in [4.78, 5) is 18.8. The molecule has 0 aliphatic rings. The highest BCUT2D eigenvalue weighted by molar-refractivity contribution is 6.04. The first-order valence-electron chi connectivity index (χ1n) is 16.3. The van der Waals surface area contributed by atoms with Crippen molar-refractivity contribution in [3.63, 3.8) is 0 Å². The molecule has 0 fully saturated rings. The maximum Gasteiger partial charge on any atom is 0.266 e. The van der Waals surface area contributed by atoms with Crippen LogP contribution in [0.5, 0.6) is 0 Å². The number of pyridine rings is 4. The predicted molar refractivity (Wildman–Crippen MR) is 195 cm³/mol. The fourth-order valence-corrected chi connectivity index (χ4v) is 6.35. The van der Waals surface area contributed by atoms with Crippen LogP contribution >= 0.6 is 0 Å². The maximum absolute atomic E-state index is 9.38. The Bertz CT molecular complexity index is 2880. The topological polar surface area (TPSA) is 153 Å². The molecule has 6 aromatic heterocycles. The first-order chi connectivity index (χ1) is 25.7. The van der Waals surface area contributed by atoms with Gasteiger partial charge in [-0.3, -0.25) is 9.97 Å². The molecule has 0 saturated heterocycles. The zero-order valence-corrected chi connectivity index (χ0v) is 27.0. The number of benzene rings is 4. The summed E-state index contributed by atoms with van der Waals surface area (Å²) in [6, 6.07) is 38.8. The van der Waals surface area contributed by atoms with E-state index in [0.29, 0.717) is 28.1 Å². The summed E-state index contributed by atoms with van der Waals surface area (Å²) in [7, 11) is 0. The normalized spacial score (nSPS) is 11.4. The summed E-state index contributed by atoms with van der Waals surface area (Å²) in [5.74, 6) is 1.08. The largest absolute Gasteiger partial charge is 0.415 e. The van der Waals surface area contributed by atoms with Crippen molar-refractivity contribution in [3.05, 3.63) is 133 Å². The second-order valence-corrected chi connectivity index (χ2v) is 12.1. The quantitative estimate of drug-likeness (QED) is 0.161. The van der Waals surface area contributed by atoms with Crippen LogP contribution in [0, 0.1) is 11.3 Å². The molecule has 0 unspecified atom stereocenters. The molecule has 242 valence electrons. The fourth-order valence-electron chi connectivity index (χ4n) is 6.35. The Balaban J connectivity index is 1.06. The van der Waals surface area contributed by atoms with Gasteiger partial charge in [0.25, 0.3) is 11.8 Å². The summed E-state index contributed by atoms with van der Waals surface area (Å²) in [6.07, 6.45) is 3.51. The predicted octanol–water partition coefficient (Wildman–Crippen LogP) is 8.85. The number of nitriles is 1. The Morgan fingerprint density at radius 1 is 0.423 bits per heavy atom. The average Bonchev–Trinajstić information content (AvgIpc) is 3.92. The minimum Gasteiger partial charge on any atom is -0.415 e. The number of rotatable bonds is 5. The van der Waals surface area contributed by atoms with E-state index in [0.717, 1.165) is 54.7 Å². The van der Waals surface area contributed by atoms with Gasteiger partial charge in [0.1, 0.15) is 11.4 Å². The Hall–Kier alpha value is -7.71. The summed E-state index contributed by atoms with van der Waals surface area (Å²) in [6.45, 7) is 0. The molecule has 0 radical (unpaired) electrons. The molecule has 0 aliphatic heterocycles. The molecule has 11 heteroatoms. The number of fused-ring (bicyclic) bond motifs is 6. The van der Waals surface area contributed by atoms with Gasteiger partial charge in [-0.2, -0.15) is 5.26 Å². The Labute approximate surface area is 293 Å². The summed E-state index contributed by atoms with van der Waals surface area (Å²) in [5.41, 5.74) is 7.64. The van der Waals surface area contributed by atoms with Gasteiger partial charge in [0.05, 0.1) is 33.7 Å². The third-order valence-electron chi connectivity index (χ3n) is 8.93. The molecule has 0 saturated carbocycles. The minimum atomic E-state index is 0.264. The standard InChI is InChI=1S/C41H21N9O2/c42-22-23-5-7-24(8-6-23)29-19-30(38-47-49-40(51-38)32-15-13-27-11-9-25-3-1-17-43-34(25)36(27)45-32)21-31(20-29)39-48-50-41(52-39)33-16-14-28-12-10-26-4-2-18-44-35(26)37(28)46-33/h1-21H. The molecule has 0 spiro atoms. The molecule has 0 bridgehead atoms. The number of aromatic nitrogens is 8. The van der Waals surface area contributed by atoms with Crippen LogP contribution in [0.15, 0.2) is 136 Å². The van der Waals surface area contributed by atoms with Gasteiger partial charge in [-0.1, -0.05) is 60.7 Å². The molecule has 0 aliphatic carbocycles. The summed E-state index contributed by atoms with van der Waals surface area (Å²) in [5, 5.41) is 30.8. The van der Waals surface area contributed by atoms with E-state index in [1.165, 1.54) is 0 Å². The van der Waals surface area contributed by atoms with Crippen molar-refractivity contribution < 1.29 is 8.83 Å². The van der Waals surface area contributed by atoms with Crippen LogP contribution in [0.4, 0.5) is 0 Å². The first kappa shape index (κ1) is 29.2. The van der Waals surface area contributed by atoms with E-state index in [1.54, 1.807) is 24.5 Å². The molecule has 0 atom stereocenters. The second-order valence-electron chi connectivity index (χ2n) is 12.1. The van der Waals surface area contributed by atoms with E-state index in [2.05, 4.69) is 36.4 Å². The maximum atomic E-state index is 9.38. The van der Waals surface area contributed by atoms with Crippen molar-refractivity contribution in [1.82, 2.24) is 40.3 Å². The molecule has 52 heavy (non-hydrogen) atoms. The minimum absolute atomic E-state index is 0.264. The van der Waals surface area contributed by atoms with Gasteiger partial charge in [0.15, 0.2) is 0 Å². The molecule has 6 heterocycles. The molecule has 4 aromatic carbocycles. The van der Waals surface area contributed by atoms with Gasteiger partial charge < -0.3 is 8.83 Å². The van der Waals surface area contributed by atoms with Gasteiger partial charge >= 0.3 is 0 Å². The molecule has 10 rings (SSSR count). The summed E-state index contributed by atoms with van der Waals surface area (Å²) >= 11 is 0. The fraction of sp³-hybridized carbons (Fsp3) is 0. The molecule has 0 N–H and O–H groups in total. The van der Waals surface area contributed by atoms with Gasteiger partial charge in [0, 0.05) is 45.1 Å². The molecule has 0 amide bonds. The lowest BCUT2D eigenvalue weighted by atomic mass is 9.99. The van der Waals surface area contributed by atoms with Crippen LogP contribution in [-0.4, -0.2) is 40.3 Å². The SMILES string of the molecule is N#Cc1ccc(-c2cc(-c3nnc(-c4ccc5ccc6cccnc6c5n4)o3)cc(-c3nnc(-c4ccc5ccc6cccnc6c5n4)o3)c2)cc1. The molecular weight excluding hydrogens is 651 g/mol. The van der Waals surface area contributed by atoms with Crippen LogP contribution in [0.1, 0.15) is 5.56 Å². The van der Waals surface area contributed by atoms with Crippen molar-refractivity contribution in [2.24, 2.45) is 0 Å². The Kier molecular flexibility index (Phi) is 6.59. The van der Waals surface area contributed by atoms with Crippen LogP contribution in [0.3, 0.4) is 0 Å². The van der Waals surface area contributed by atoms with Gasteiger partial charge in [-0.15, -0.1) is 20.4 Å². The smallest absolute Gasteiger partial charge is 0.266 e. The molecule has 10 aromatic rings. The van der Waals surface area contributed by atoms with Crippen molar-refractivity contribution >= 4 is 43.6 Å². The van der Waals surface area contributed by atoms with Crippen molar-refractivity contribution in [2.45, 2.75) is 0 Å². The average molecular weight is 672 g/mol. The lowest BCUT2D eigenvalue weighted by Gasteiger charge is -2.07. The van der Waals surface area contributed by atoms with Crippen LogP contribution in [-0.2, 0) is 0 Å². The first-order valence-corrected chi connectivity index (χ1v) is 16.3. The van der Waals surface area contributed by atoms with Crippen molar-refractivity contribution in [3.8, 4) is 63.3 Å². The van der Waals surface area contributed by atoms with E-state index < -0.39 is 0 Å². The number of nitrogens with zero attached hydrogens (tertiary/aromatic N) is 9. The van der Waals surface area contributed by atoms with Crippen LogP contribution in [0.25, 0.3) is 101 Å². The third-order valence-corrected chi connectivity index (χ3v) is 8.93. The van der Waals surface area contributed by atoms with E-state index in [-0.39, 0.29) is 23.6 Å². The Morgan fingerprint density at radius 2 is 0.865 bits per heavy atom. The third kappa shape index (κ3) is 4.98. The van der Waals surface area contributed by atoms with Crippen molar-refractivity contribution in [2.75, 3.05) is 0 Å². The van der Waals surface area contributed by atoms with Gasteiger partial charge in [-0.05, 0) is 65.7 Å². The number of hydrogen-bond donors (Lipinski definition) is 0. The monoisotopic (exact) mass is 671 g/mol. The highest BCUT2D eigenvalue weighted by Crippen LogP contribution is 2.35. The summed E-state index contributed by atoms with van der Waals surface area (Å²) < 4.78 is 12.5. The van der Waals surface area contributed by atoms with Crippen LogP contribution < -0.4 is 0 Å². The Morgan fingerprint density at radius 3 is 1.37 bits per heavy atom. The molecule has 11 nitrogen and oxygen atoms in total. The van der Waals surface area contributed by atoms with Gasteiger partial charge in [0.2, 0.25) is 11.8 Å². The van der Waals surface area contributed by atoms with E-state index >= 15 is 0 Å². The van der Waals surface area contributed by atoms with E-state index in [1.807, 2.05) is 103 Å². The number of hydrogen-bond acceptors (Lipinski definition) is 11. The zero-order chi connectivity index (χ0) is 34.6. The van der Waals surface area contributed by atoms with E-state index in [4.69, 9.17) is 18.8 Å². The van der Waals surface area contributed by atoms with Gasteiger partial charge in [-0.25, -0.2) is 9.97 Å². The second kappa shape index (κ2) is 11.7.